The normalized spacial score (nSPS) is 15.2. The molecule has 0 bridgehead atoms. The van der Waals surface area contributed by atoms with Crippen molar-refractivity contribution >= 4 is 0 Å². The molecule has 23 heavy (non-hydrogen) atoms. The van der Waals surface area contributed by atoms with Gasteiger partial charge in [-0.1, -0.05) is 24.1 Å². The lowest BCUT2D eigenvalue weighted by atomic mass is 9.94. The number of nitrogens with zero attached hydrogens (tertiary/aromatic N) is 3. The summed E-state index contributed by atoms with van der Waals surface area (Å²) in [7, 11) is 0. The van der Waals surface area contributed by atoms with Crippen LogP contribution >= 0.6 is 0 Å². The van der Waals surface area contributed by atoms with Crippen molar-refractivity contribution in [1.82, 2.24) is 19.7 Å². The molecule has 1 aliphatic rings. The summed E-state index contributed by atoms with van der Waals surface area (Å²) in [5.74, 6) is 7.17. The molecule has 0 amide bonds. The van der Waals surface area contributed by atoms with Crippen LogP contribution < -0.4 is 11.0 Å². The first-order valence-electron chi connectivity index (χ1n) is 8.14. The minimum absolute atomic E-state index is 0.108. The van der Waals surface area contributed by atoms with E-state index in [1.54, 1.807) is 11.5 Å². The average molecular weight is 310 g/mol. The third kappa shape index (κ3) is 3.54. The van der Waals surface area contributed by atoms with E-state index in [0.717, 1.165) is 43.9 Å². The molecule has 5 nitrogen and oxygen atoms in total. The van der Waals surface area contributed by atoms with Gasteiger partial charge < -0.3 is 5.32 Å². The molecular formula is C18H22N4O. The van der Waals surface area contributed by atoms with Gasteiger partial charge in [0.15, 0.2) is 0 Å². The van der Waals surface area contributed by atoms with E-state index in [4.69, 9.17) is 0 Å². The Kier molecular flexibility index (Phi) is 4.94. The smallest absolute Gasteiger partial charge is 0.317 e. The van der Waals surface area contributed by atoms with Crippen LogP contribution in [0.1, 0.15) is 25.6 Å². The maximum absolute atomic E-state index is 12.7. The van der Waals surface area contributed by atoms with Crippen LogP contribution in [-0.2, 0) is 13.0 Å². The Morgan fingerprint density at radius 1 is 1.26 bits per heavy atom. The molecule has 1 aromatic heterocycles. The molecule has 1 aliphatic heterocycles. The third-order valence-electron chi connectivity index (χ3n) is 4.26. The van der Waals surface area contributed by atoms with Crippen molar-refractivity contribution in [2.75, 3.05) is 13.1 Å². The monoisotopic (exact) mass is 310 g/mol. The molecule has 5 heteroatoms. The highest BCUT2D eigenvalue weighted by Crippen LogP contribution is 2.18. The summed E-state index contributed by atoms with van der Waals surface area (Å²) < 4.78 is 3.21. The quantitative estimate of drug-likeness (QED) is 0.873. The predicted molar refractivity (Wildman–Crippen MR) is 90.6 cm³/mol. The van der Waals surface area contributed by atoms with Gasteiger partial charge in [0.2, 0.25) is 0 Å². The molecule has 0 spiro atoms. The van der Waals surface area contributed by atoms with E-state index in [1.165, 1.54) is 4.68 Å². The van der Waals surface area contributed by atoms with Crippen molar-refractivity contribution in [1.29, 1.82) is 0 Å². The first-order chi connectivity index (χ1) is 11.3. The minimum atomic E-state index is -0.108. The molecule has 1 fully saturated rings. The van der Waals surface area contributed by atoms with Crippen molar-refractivity contribution < 1.29 is 0 Å². The minimum Gasteiger partial charge on any atom is -0.317 e. The van der Waals surface area contributed by atoms with E-state index in [-0.39, 0.29) is 5.69 Å². The number of hydrogen-bond donors (Lipinski definition) is 1. The first kappa shape index (κ1) is 15.6. The lowest BCUT2D eigenvalue weighted by Gasteiger charge is -2.22. The number of nitrogens with one attached hydrogen (secondary N) is 1. The number of aromatic nitrogens is 3. The van der Waals surface area contributed by atoms with E-state index < -0.39 is 0 Å². The van der Waals surface area contributed by atoms with E-state index in [1.807, 2.05) is 30.3 Å². The van der Waals surface area contributed by atoms with Gasteiger partial charge in [-0.25, -0.2) is 14.0 Å². The topological polar surface area (TPSA) is 51.9 Å². The standard InChI is InChI=1S/C18H22N4O/c1-2-3-13-21-18(23)22(16-7-5-4-6-8-16)17(20-21)14-15-9-11-19-12-10-15/h4-8,15,19H,9-14H2,1H3. The van der Waals surface area contributed by atoms with Crippen molar-refractivity contribution in [2.24, 2.45) is 5.92 Å². The van der Waals surface area contributed by atoms with E-state index in [9.17, 15) is 4.79 Å². The summed E-state index contributed by atoms with van der Waals surface area (Å²) in [5.41, 5.74) is 0.764. The van der Waals surface area contributed by atoms with Crippen molar-refractivity contribution in [2.45, 2.75) is 32.7 Å². The Morgan fingerprint density at radius 2 is 2.00 bits per heavy atom. The Morgan fingerprint density at radius 3 is 2.70 bits per heavy atom. The van der Waals surface area contributed by atoms with Crippen LogP contribution in [0.3, 0.4) is 0 Å². The van der Waals surface area contributed by atoms with Gasteiger partial charge in [0, 0.05) is 6.42 Å². The molecule has 1 saturated heterocycles. The highest BCUT2D eigenvalue weighted by atomic mass is 16.2. The van der Waals surface area contributed by atoms with Gasteiger partial charge in [-0.05, 0) is 50.9 Å². The zero-order chi connectivity index (χ0) is 16.1. The summed E-state index contributed by atoms with van der Waals surface area (Å²) in [4.78, 5) is 12.7. The van der Waals surface area contributed by atoms with Crippen LogP contribution in [0, 0.1) is 17.8 Å². The molecule has 0 radical (unpaired) electrons. The van der Waals surface area contributed by atoms with Crippen LogP contribution in [0.2, 0.25) is 0 Å². The highest BCUT2D eigenvalue weighted by Gasteiger charge is 2.20. The Balaban J connectivity index is 1.98. The highest BCUT2D eigenvalue weighted by molar-refractivity contribution is 5.32. The Hall–Kier alpha value is -2.32. The zero-order valence-corrected chi connectivity index (χ0v) is 13.5. The number of piperidine rings is 1. The second-order valence-corrected chi connectivity index (χ2v) is 5.85. The van der Waals surface area contributed by atoms with E-state index in [0.29, 0.717) is 12.5 Å². The molecule has 1 N–H and O–H groups in total. The lowest BCUT2D eigenvalue weighted by molar-refractivity contribution is 0.365. The van der Waals surface area contributed by atoms with Crippen LogP contribution in [0.4, 0.5) is 0 Å². The molecular weight excluding hydrogens is 288 g/mol. The lowest BCUT2D eigenvalue weighted by Crippen LogP contribution is -2.29. The molecule has 0 saturated carbocycles. The van der Waals surface area contributed by atoms with Crippen molar-refractivity contribution in [3.63, 3.8) is 0 Å². The SMILES string of the molecule is CC#CCn1nc(CC2CCNCC2)n(-c2ccccc2)c1=O. The molecule has 2 aromatic rings. The summed E-state index contributed by atoms with van der Waals surface area (Å²) in [6.45, 7) is 4.20. The molecule has 2 heterocycles. The largest absolute Gasteiger partial charge is 0.351 e. The summed E-state index contributed by atoms with van der Waals surface area (Å²) in [5, 5.41) is 7.94. The third-order valence-corrected chi connectivity index (χ3v) is 4.26. The predicted octanol–water partition coefficient (Wildman–Crippen LogP) is 1.60. The fourth-order valence-electron chi connectivity index (χ4n) is 3.02. The maximum atomic E-state index is 12.7. The second-order valence-electron chi connectivity index (χ2n) is 5.85. The van der Waals surface area contributed by atoms with Gasteiger partial charge in [-0.15, -0.1) is 5.92 Å². The Bertz CT molecular complexity index is 758. The fourth-order valence-corrected chi connectivity index (χ4v) is 3.02. The second kappa shape index (κ2) is 7.30. The van der Waals surface area contributed by atoms with Gasteiger partial charge in [-0.2, -0.15) is 5.10 Å². The number of para-hydroxylation sites is 1. The van der Waals surface area contributed by atoms with Crippen LogP contribution in [0.5, 0.6) is 0 Å². The average Bonchev–Trinajstić information content (AvgIpc) is 2.90. The molecule has 0 atom stereocenters. The van der Waals surface area contributed by atoms with Gasteiger partial charge in [0.1, 0.15) is 12.4 Å². The van der Waals surface area contributed by atoms with Crippen LogP contribution in [-0.4, -0.2) is 27.4 Å². The number of hydrogen-bond acceptors (Lipinski definition) is 3. The number of benzene rings is 1. The van der Waals surface area contributed by atoms with Gasteiger partial charge in [0.05, 0.1) is 5.69 Å². The van der Waals surface area contributed by atoms with Gasteiger partial charge >= 0.3 is 5.69 Å². The van der Waals surface area contributed by atoms with Crippen molar-refractivity contribution in [3.8, 4) is 17.5 Å². The summed E-state index contributed by atoms with van der Waals surface area (Å²) in [6, 6.07) is 9.74. The zero-order valence-electron chi connectivity index (χ0n) is 13.5. The Labute approximate surface area is 136 Å². The van der Waals surface area contributed by atoms with Crippen molar-refractivity contribution in [3.05, 3.63) is 46.6 Å². The van der Waals surface area contributed by atoms with Crippen LogP contribution in [0.25, 0.3) is 5.69 Å². The fraction of sp³-hybridized carbons (Fsp3) is 0.444. The van der Waals surface area contributed by atoms with Crippen LogP contribution in [0.15, 0.2) is 35.1 Å². The van der Waals surface area contributed by atoms with E-state index in [2.05, 4.69) is 22.3 Å². The summed E-state index contributed by atoms with van der Waals surface area (Å²) in [6.07, 6.45) is 3.09. The molecule has 0 aliphatic carbocycles. The maximum Gasteiger partial charge on any atom is 0.351 e. The molecule has 120 valence electrons. The van der Waals surface area contributed by atoms with E-state index >= 15 is 0 Å². The summed E-state index contributed by atoms with van der Waals surface area (Å²) >= 11 is 0. The van der Waals surface area contributed by atoms with Gasteiger partial charge in [0.25, 0.3) is 0 Å². The molecule has 1 aromatic carbocycles. The van der Waals surface area contributed by atoms with Gasteiger partial charge in [-0.3, -0.25) is 0 Å². The number of rotatable bonds is 4. The first-order valence-corrected chi connectivity index (χ1v) is 8.14. The molecule has 3 rings (SSSR count). The molecule has 0 unspecified atom stereocenters.